The number of benzene rings is 1. The molecule has 5 heteroatoms. The average molecular weight is 295 g/mol. The summed E-state index contributed by atoms with van der Waals surface area (Å²) in [6.45, 7) is 4.32. The Bertz CT molecular complexity index is 587. The summed E-state index contributed by atoms with van der Waals surface area (Å²) in [5.41, 5.74) is 9.12. The zero-order valence-electron chi connectivity index (χ0n) is 11.8. The van der Waals surface area contributed by atoms with E-state index in [0.717, 1.165) is 16.8 Å². The average Bonchev–Trinajstić information content (AvgIpc) is 2.84. The van der Waals surface area contributed by atoms with Gasteiger partial charge in [-0.2, -0.15) is 0 Å². The first kappa shape index (κ1) is 16.3. The molecule has 0 atom stereocenters. The van der Waals surface area contributed by atoms with Crippen molar-refractivity contribution in [1.29, 1.82) is 0 Å². The molecule has 1 amide bonds. The smallest absolute Gasteiger partial charge is 0.261 e. The fourth-order valence-electron chi connectivity index (χ4n) is 2.06. The van der Waals surface area contributed by atoms with E-state index in [-0.39, 0.29) is 18.3 Å². The summed E-state index contributed by atoms with van der Waals surface area (Å²) in [7, 11) is 1.76. The van der Waals surface area contributed by atoms with Gasteiger partial charge in [-0.1, -0.05) is 6.07 Å². The third kappa shape index (κ3) is 3.40. The van der Waals surface area contributed by atoms with Crippen molar-refractivity contribution in [1.82, 2.24) is 0 Å². The second-order valence-electron chi connectivity index (χ2n) is 4.72. The number of rotatable bonds is 3. The number of amides is 1. The van der Waals surface area contributed by atoms with Gasteiger partial charge in [-0.25, -0.2) is 0 Å². The Hall–Kier alpha value is -1.78. The van der Waals surface area contributed by atoms with E-state index in [1.54, 1.807) is 18.0 Å². The minimum Gasteiger partial charge on any atom is -0.467 e. The van der Waals surface area contributed by atoms with Crippen LogP contribution in [0.1, 0.15) is 27.2 Å². The van der Waals surface area contributed by atoms with Crippen molar-refractivity contribution in [2.24, 2.45) is 5.73 Å². The molecule has 1 aromatic heterocycles. The third-order valence-corrected chi connectivity index (χ3v) is 3.00. The Morgan fingerprint density at radius 3 is 2.30 bits per heavy atom. The van der Waals surface area contributed by atoms with Gasteiger partial charge in [0, 0.05) is 12.7 Å². The number of furan rings is 1. The predicted octanol–water partition coefficient (Wildman–Crippen LogP) is 3.05. The number of hydrogen-bond donors (Lipinski definition) is 1. The lowest BCUT2D eigenvalue weighted by Crippen LogP contribution is -2.25. The minimum atomic E-state index is -0.103. The number of carbonyl (C=O) groups excluding carboxylic acids is 1. The van der Waals surface area contributed by atoms with E-state index in [0.29, 0.717) is 17.9 Å². The topological polar surface area (TPSA) is 59.5 Å². The first-order valence-electron chi connectivity index (χ1n) is 6.15. The number of carbonyl (C=O) groups is 1. The summed E-state index contributed by atoms with van der Waals surface area (Å²) >= 11 is 0. The molecule has 0 radical (unpaired) electrons. The van der Waals surface area contributed by atoms with Gasteiger partial charge < -0.3 is 15.1 Å². The molecule has 20 heavy (non-hydrogen) atoms. The standard InChI is InChI=1S/C15H18N2O2.ClH/c1-10-4-11(2)6-13(5-10)17(3)15(18)12-7-14(8-16)19-9-12;/h4-7,9H,8,16H2,1-3H3;1H. The molecule has 0 bridgehead atoms. The molecule has 0 aliphatic carbocycles. The van der Waals surface area contributed by atoms with Gasteiger partial charge in [0.05, 0.1) is 12.1 Å². The van der Waals surface area contributed by atoms with Gasteiger partial charge in [0.25, 0.3) is 5.91 Å². The van der Waals surface area contributed by atoms with Crippen LogP contribution in [0.2, 0.25) is 0 Å². The van der Waals surface area contributed by atoms with Crippen LogP contribution in [0.25, 0.3) is 0 Å². The van der Waals surface area contributed by atoms with E-state index in [1.807, 2.05) is 26.0 Å². The highest BCUT2D eigenvalue weighted by Gasteiger charge is 2.16. The fourth-order valence-corrected chi connectivity index (χ4v) is 2.06. The summed E-state index contributed by atoms with van der Waals surface area (Å²) < 4.78 is 5.20. The van der Waals surface area contributed by atoms with Gasteiger partial charge in [-0.3, -0.25) is 4.79 Å². The normalized spacial score (nSPS) is 10.0. The Balaban J connectivity index is 0.00000200. The van der Waals surface area contributed by atoms with Crippen LogP contribution in [0.3, 0.4) is 0 Å². The molecule has 108 valence electrons. The molecule has 2 aromatic rings. The lowest BCUT2D eigenvalue weighted by Gasteiger charge is -2.17. The maximum atomic E-state index is 12.3. The number of anilines is 1. The third-order valence-electron chi connectivity index (χ3n) is 3.00. The minimum absolute atomic E-state index is 0. The van der Waals surface area contributed by atoms with E-state index < -0.39 is 0 Å². The summed E-state index contributed by atoms with van der Waals surface area (Å²) in [5, 5.41) is 0. The zero-order valence-corrected chi connectivity index (χ0v) is 12.7. The van der Waals surface area contributed by atoms with Crippen LogP contribution >= 0.6 is 12.4 Å². The van der Waals surface area contributed by atoms with Gasteiger partial charge >= 0.3 is 0 Å². The Morgan fingerprint density at radius 2 is 1.80 bits per heavy atom. The van der Waals surface area contributed by atoms with Gasteiger partial charge in [0.15, 0.2) is 0 Å². The van der Waals surface area contributed by atoms with Crippen molar-refractivity contribution >= 4 is 24.0 Å². The summed E-state index contributed by atoms with van der Waals surface area (Å²) in [6.07, 6.45) is 1.45. The summed E-state index contributed by atoms with van der Waals surface area (Å²) in [6, 6.07) is 7.72. The van der Waals surface area contributed by atoms with Crippen molar-refractivity contribution in [2.45, 2.75) is 20.4 Å². The van der Waals surface area contributed by atoms with Crippen molar-refractivity contribution in [3.63, 3.8) is 0 Å². The molecule has 1 heterocycles. The van der Waals surface area contributed by atoms with Crippen LogP contribution in [0.15, 0.2) is 34.9 Å². The van der Waals surface area contributed by atoms with Gasteiger partial charge in [-0.15, -0.1) is 12.4 Å². The van der Waals surface area contributed by atoms with E-state index in [1.165, 1.54) is 6.26 Å². The maximum Gasteiger partial charge on any atom is 0.261 e. The van der Waals surface area contributed by atoms with E-state index in [4.69, 9.17) is 10.2 Å². The molecule has 0 spiro atoms. The van der Waals surface area contributed by atoms with E-state index in [2.05, 4.69) is 6.07 Å². The SMILES string of the molecule is Cc1cc(C)cc(N(C)C(=O)c2coc(CN)c2)c1.Cl. The highest BCUT2D eigenvalue weighted by Crippen LogP contribution is 2.20. The van der Waals surface area contributed by atoms with Crippen molar-refractivity contribution in [3.8, 4) is 0 Å². The van der Waals surface area contributed by atoms with Crippen molar-refractivity contribution in [2.75, 3.05) is 11.9 Å². The molecule has 2 rings (SSSR count). The lowest BCUT2D eigenvalue weighted by molar-refractivity contribution is 0.0992. The molecule has 1 aromatic carbocycles. The first-order chi connectivity index (χ1) is 9.01. The molecule has 0 aliphatic heterocycles. The van der Waals surface area contributed by atoms with Gasteiger partial charge in [-0.05, 0) is 43.2 Å². The number of nitrogens with zero attached hydrogens (tertiary/aromatic N) is 1. The molecule has 0 fully saturated rings. The Morgan fingerprint density at radius 1 is 1.20 bits per heavy atom. The summed E-state index contributed by atoms with van der Waals surface area (Å²) in [5.74, 6) is 0.505. The number of hydrogen-bond acceptors (Lipinski definition) is 3. The van der Waals surface area contributed by atoms with Crippen molar-refractivity contribution < 1.29 is 9.21 Å². The monoisotopic (exact) mass is 294 g/mol. The molecule has 0 aliphatic rings. The molecule has 2 N–H and O–H groups in total. The number of nitrogens with two attached hydrogens (primary N) is 1. The first-order valence-corrected chi connectivity index (χ1v) is 6.15. The molecular formula is C15H19ClN2O2. The van der Waals surface area contributed by atoms with Crippen LogP contribution in [-0.4, -0.2) is 13.0 Å². The molecule has 0 saturated heterocycles. The molecule has 0 saturated carbocycles. The highest BCUT2D eigenvalue weighted by molar-refractivity contribution is 6.05. The Kier molecular flexibility index (Phi) is 5.36. The van der Waals surface area contributed by atoms with Crippen LogP contribution in [0, 0.1) is 13.8 Å². The second-order valence-corrected chi connectivity index (χ2v) is 4.72. The summed E-state index contributed by atoms with van der Waals surface area (Å²) in [4.78, 5) is 13.9. The van der Waals surface area contributed by atoms with Crippen LogP contribution in [0.4, 0.5) is 5.69 Å². The molecular weight excluding hydrogens is 276 g/mol. The quantitative estimate of drug-likeness (QED) is 0.946. The molecule has 0 unspecified atom stereocenters. The molecule has 4 nitrogen and oxygen atoms in total. The fraction of sp³-hybridized carbons (Fsp3) is 0.267. The van der Waals surface area contributed by atoms with Crippen LogP contribution in [0.5, 0.6) is 0 Å². The van der Waals surface area contributed by atoms with Gasteiger partial charge in [0.1, 0.15) is 12.0 Å². The van der Waals surface area contributed by atoms with Crippen LogP contribution < -0.4 is 10.6 Å². The largest absolute Gasteiger partial charge is 0.467 e. The number of halogens is 1. The Labute approximate surface area is 125 Å². The van der Waals surface area contributed by atoms with E-state index >= 15 is 0 Å². The predicted molar refractivity (Wildman–Crippen MR) is 82.5 cm³/mol. The second kappa shape index (κ2) is 6.59. The van der Waals surface area contributed by atoms with E-state index in [9.17, 15) is 4.79 Å². The van der Waals surface area contributed by atoms with Crippen LogP contribution in [-0.2, 0) is 6.54 Å². The number of aryl methyl sites for hydroxylation is 2. The maximum absolute atomic E-state index is 12.3. The van der Waals surface area contributed by atoms with Crippen molar-refractivity contribution in [3.05, 3.63) is 53.0 Å². The lowest BCUT2D eigenvalue weighted by atomic mass is 10.1. The zero-order chi connectivity index (χ0) is 14.0. The highest BCUT2D eigenvalue weighted by atomic mass is 35.5. The van der Waals surface area contributed by atoms with Gasteiger partial charge in [0.2, 0.25) is 0 Å².